The number of nitrogens with zero attached hydrogens (tertiary/aromatic N) is 1. The van der Waals surface area contributed by atoms with Gasteiger partial charge in [-0.15, -0.1) is 0 Å². The number of hydrogen-bond donors (Lipinski definition) is 1. The third-order valence-corrected chi connectivity index (χ3v) is 2.58. The maximum absolute atomic E-state index is 5.70. The lowest BCUT2D eigenvalue weighted by molar-refractivity contribution is 0.0519. The lowest BCUT2D eigenvalue weighted by atomic mass is 10.1. The van der Waals surface area contributed by atoms with E-state index in [0.29, 0.717) is 0 Å². The normalized spacial score (nSPS) is 23.8. The highest BCUT2D eigenvalue weighted by atomic mass is 16.5. The molecule has 1 aliphatic heterocycles. The molecule has 0 radical (unpaired) electrons. The van der Waals surface area contributed by atoms with Gasteiger partial charge in [0.15, 0.2) is 0 Å². The quantitative estimate of drug-likeness (QED) is 0.650. The second-order valence-electron chi connectivity index (χ2n) is 3.50. The number of nitrogens with two attached hydrogens (primary N) is 1. The van der Waals surface area contributed by atoms with Crippen LogP contribution in [0.3, 0.4) is 0 Å². The molecule has 0 atom stereocenters. The maximum atomic E-state index is 5.70. The molecule has 0 aromatic heterocycles. The number of rotatable bonds is 1. The van der Waals surface area contributed by atoms with Crippen molar-refractivity contribution in [2.45, 2.75) is 12.8 Å². The fourth-order valence-electron chi connectivity index (χ4n) is 1.76. The zero-order chi connectivity index (χ0) is 9.10. The molecule has 2 rings (SSSR count). The molecule has 2 N–H and O–H groups in total. The summed E-state index contributed by atoms with van der Waals surface area (Å²) in [5, 5.41) is 0. The van der Waals surface area contributed by atoms with E-state index in [4.69, 9.17) is 10.5 Å². The Hall–Kier alpha value is -0.960. The van der Waals surface area contributed by atoms with Gasteiger partial charge < -0.3 is 15.4 Å². The largest absolute Gasteiger partial charge is 0.402 e. The Bertz CT molecular complexity index is 239. The van der Waals surface area contributed by atoms with E-state index in [1.807, 2.05) is 6.08 Å². The van der Waals surface area contributed by atoms with Crippen LogP contribution in [0.4, 0.5) is 0 Å². The highest BCUT2D eigenvalue weighted by molar-refractivity contribution is 5.21. The first-order chi connectivity index (χ1) is 6.36. The molecule has 1 aliphatic carbocycles. The van der Waals surface area contributed by atoms with Gasteiger partial charge >= 0.3 is 0 Å². The number of morpholine rings is 1. The average Bonchev–Trinajstić information content (AvgIpc) is 2.20. The zero-order valence-electron chi connectivity index (χ0n) is 7.83. The van der Waals surface area contributed by atoms with Gasteiger partial charge in [-0.1, -0.05) is 0 Å². The van der Waals surface area contributed by atoms with Crippen LogP contribution < -0.4 is 5.73 Å². The first kappa shape index (κ1) is 8.63. The van der Waals surface area contributed by atoms with Gasteiger partial charge in [0.25, 0.3) is 0 Å². The summed E-state index contributed by atoms with van der Waals surface area (Å²) in [6, 6.07) is 0. The molecule has 0 saturated carbocycles. The van der Waals surface area contributed by atoms with Crippen molar-refractivity contribution in [3.63, 3.8) is 0 Å². The number of ether oxygens (including phenoxy) is 1. The fourth-order valence-corrected chi connectivity index (χ4v) is 1.76. The van der Waals surface area contributed by atoms with Gasteiger partial charge in [0.2, 0.25) is 0 Å². The molecule has 1 saturated heterocycles. The van der Waals surface area contributed by atoms with E-state index in [1.54, 1.807) is 0 Å². The van der Waals surface area contributed by atoms with E-state index in [2.05, 4.69) is 11.0 Å². The Morgan fingerprint density at radius 2 is 1.92 bits per heavy atom. The number of allylic oxidation sites excluding steroid dienone is 4. The molecule has 72 valence electrons. The van der Waals surface area contributed by atoms with Crippen molar-refractivity contribution in [3.8, 4) is 0 Å². The van der Waals surface area contributed by atoms with Gasteiger partial charge in [-0.3, -0.25) is 0 Å². The van der Waals surface area contributed by atoms with Gasteiger partial charge in [0, 0.05) is 24.5 Å². The van der Waals surface area contributed by atoms with Gasteiger partial charge in [-0.05, 0) is 25.0 Å². The highest BCUT2D eigenvalue weighted by Gasteiger charge is 2.14. The van der Waals surface area contributed by atoms with Crippen LogP contribution in [0.1, 0.15) is 12.8 Å². The van der Waals surface area contributed by atoms with Crippen LogP contribution in [0.25, 0.3) is 0 Å². The summed E-state index contributed by atoms with van der Waals surface area (Å²) in [6.45, 7) is 3.77. The lowest BCUT2D eigenvalue weighted by Gasteiger charge is -2.32. The van der Waals surface area contributed by atoms with Crippen molar-refractivity contribution >= 4 is 0 Å². The van der Waals surface area contributed by atoms with Crippen molar-refractivity contribution in [1.29, 1.82) is 0 Å². The first-order valence-electron chi connectivity index (χ1n) is 4.84. The standard InChI is InChI=1S/C10H16N2O/c11-9-1-3-10(4-2-9)12-5-7-13-8-6-12/h1,3H,2,4-8,11H2. The Kier molecular flexibility index (Phi) is 2.54. The monoisotopic (exact) mass is 180 g/mol. The molecule has 1 heterocycles. The smallest absolute Gasteiger partial charge is 0.0642 e. The fraction of sp³-hybridized carbons (Fsp3) is 0.600. The van der Waals surface area contributed by atoms with Crippen molar-refractivity contribution in [1.82, 2.24) is 4.90 Å². The molecule has 0 amide bonds. The van der Waals surface area contributed by atoms with Crippen molar-refractivity contribution in [3.05, 3.63) is 23.5 Å². The second-order valence-corrected chi connectivity index (χ2v) is 3.50. The van der Waals surface area contributed by atoms with Gasteiger partial charge in [0.1, 0.15) is 0 Å². The molecule has 0 unspecified atom stereocenters. The molecule has 3 nitrogen and oxygen atoms in total. The van der Waals surface area contributed by atoms with E-state index in [-0.39, 0.29) is 0 Å². The van der Waals surface area contributed by atoms with Crippen LogP contribution in [-0.2, 0) is 4.74 Å². The molecule has 0 aromatic rings. The van der Waals surface area contributed by atoms with E-state index in [0.717, 1.165) is 44.8 Å². The Morgan fingerprint density at radius 1 is 1.15 bits per heavy atom. The van der Waals surface area contributed by atoms with Crippen LogP contribution >= 0.6 is 0 Å². The summed E-state index contributed by atoms with van der Waals surface area (Å²) in [5.41, 5.74) is 8.11. The van der Waals surface area contributed by atoms with Crippen LogP contribution in [0.5, 0.6) is 0 Å². The molecule has 0 aromatic carbocycles. The van der Waals surface area contributed by atoms with Crippen molar-refractivity contribution < 1.29 is 4.74 Å². The van der Waals surface area contributed by atoms with Gasteiger partial charge in [0.05, 0.1) is 13.2 Å². The van der Waals surface area contributed by atoms with E-state index in [9.17, 15) is 0 Å². The van der Waals surface area contributed by atoms with Gasteiger partial charge in [-0.25, -0.2) is 0 Å². The summed E-state index contributed by atoms with van der Waals surface area (Å²) in [7, 11) is 0. The predicted octanol–water partition coefficient (Wildman–Crippen LogP) is 0.839. The summed E-state index contributed by atoms with van der Waals surface area (Å²) in [6.07, 6.45) is 6.25. The molecule has 2 aliphatic rings. The second kappa shape index (κ2) is 3.83. The van der Waals surface area contributed by atoms with Gasteiger partial charge in [-0.2, -0.15) is 0 Å². The number of hydrogen-bond acceptors (Lipinski definition) is 3. The topological polar surface area (TPSA) is 38.5 Å². The Labute approximate surface area is 78.8 Å². The molecule has 13 heavy (non-hydrogen) atoms. The minimum Gasteiger partial charge on any atom is -0.402 e. The SMILES string of the molecule is NC1=CC=C(N2CCOCC2)CC1. The van der Waals surface area contributed by atoms with Crippen LogP contribution in [-0.4, -0.2) is 31.2 Å². The lowest BCUT2D eigenvalue weighted by Crippen LogP contribution is -2.36. The minimum atomic E-state index is 0.858. The van der Waals surface area contributed by atoms with E-state index < -0.39 is 0 Å². The van der Waals surface area contributed by atoms with E-state index >= 15 is 0 Å². The van der Waals surface area contributed by atoms with Crippen molar-refractivity contribution in [2.24, 2.45) is 5.73 Å². The molecule has 0 bridgehead atoms. The maximum Gasteiger partial charge on any atom is 0.0642 e. The Balaban J connectivity index is 1.99. The third kappa shape index (κ3) is 2.04. The Morgan fingerprint density at radius 3 is 2.54 bits per heavy atom. The molecular formula is C10H16N2O. The van der Waals surface area contributed by atoms with Crippen LogP contribution in [0.2, 0.25) is 0 Å². The molecule has 3 heteroatoms. The molecule has 0 spiro atoms. The summed E-state index contributed by atoms with van der Waals surface area (Å²) in [5.74, 6) is 0. The summed E-state index contributed by atoms with van der Waals surface area (Å²) < 4.78 is 5.30. The van der Waals surface area contributed by atoms with Crippen LogP contribution in [0.15, 0.2) is 23.5 Å². The molecular weight excluding hydrogens is 164 g/mol. The zero-order valence-corrected chi connectivity index (χ0v) is 7.83. The predicted molar refractivity (Wildman–Crippen MR) is 52.0 cm³/mol. The summed E-state index contributed by atoms with van der Waals surface area (Å²) >= 11 is 0. The highest BCUT2D eigenvalue weighted by Crippen LogP contribution is 2.19. The third-order valence-electron chi connectivity index (χ3n) is 2.58. The average molecular weight is 180 g/mol. The minimum absolute atomic E-state index is 0.858. The molecule has 1 fully saturated rings. The first-order valence-corrected chi connectivity index (χ1v) is 4.84. The van der Waals surface area contributed by atoms with E-state index in [1.165, 1.54) is 5.70 Å². The summed E-state index contributed by atoms with van der Waals surface area (Å²) in [4.78, 5) is 2.40. The van der Waals surface area contributed by atoms with Crippen LogP contribution in [0, 0.1) is 0 Å². The van der Waals surface area contributed by atoms with Crippen molar-refractivity contribution in [2.75, 3.05) is 26.3 Å².